The highest BCUT2D eigenvalue weighted by Crippen LogP contribution is 2.29. The minimum Gasteiger partial charge on any atom is -0.490 e. The summed E-state index contributed by atoms with van der Waals surface area (Å²) < 4.78 is 16.6. The predicted molar refractivity (Wildman–Crippen MR) is 91.3 cm³/mol. The smallest absolute Gasteiger partial charge is 0.306 e. The normalized spacial score (nSPS) is 17.2. The molecule has 0 spiro atoms. The van der Waals surface area contributed by atoms with Crippen molar-refractivity contribution in [1.82, 2.24) is 4.90 Å². The average molecular weight is 351 g/mol. The SMILES string of the molecule is CCCOc1ccc(C(=O)N2CCOC(CC(=O)O)C2)cc1OCC. The highest BCUT2D eigenvalue weighted by atomic mass is 16.5. The summed E-state index contributed by atoms with van der Waals surface area (Å²) >= 11 is 0. The fourth-order valence-electron chi connectivity index (χ4n) is 2.65. The third-order valence-corrected chi connectivity index (χ3v) is 3.78. The van der Waals surface area contributed by atoms with Gasteiger partial charge < -0.3 is 24.2 Å². The number of rotatable bonds is 8. The summed E-state index contributed by atoms with van der Waals surface area (Å²) in [6.07, 6.45) is 0.289. The van der Waals surface area contributed by atoms with E-state index >= 15 is 0 Å². The Balaban J connectivity index is 2.12. The molecule has 1 amide bonds. The lowest BCUT2D eigenvalue weighted by atomic mass is 10.1. The molecule has 25 heavy (non-hydrogen) atoms. The Morgan fingerprint density at radius 1 is 1.28 bits per heavy atom. The van der Waals surface area contributed by atoms with Crippen molar-refractivity contribution in [2.75, 3.05) is 32.9 Å². The number of carboxylic acids is 1. The van der Waals surface area contributed by atoms with Gasteiger partial charge in [-0.25, -0.2) is 0 Å². The van der Waals surface area contributed by atoms with Crippen LogP contribution >= 0.6 is 0 Å². The van der Waals surface area contributed by atoms with Crippen molar-refractivity contribution in [3.63, 3.8) is 0 Å². The van der Waals surface area contributed by atoms with Crippen LogP contribution in [0.4, 0.5) is 0 Å². The van der Waals surface area contributed by atoms with E-state index in [-0.39, 0.29) is 18.9 Å². The average Bonchev–Trinajstić information content (AvgIpc) is 2.60. The van der Waals surface area contributed by atoms with Crippen LogP contribution < -0.4 is 9.47 Å². The Kier molecular flexibility index (Phi) is 7.06. The lowest BCUT2D eigenvalue weighted by Gasteiger charge is -2.32. The molecule has 0 saturated carbocycles. The highest BCUT2D eigenvalue weighted by molar-refractivity contribution is 5.95. The van der Waals surface area contributed by atoms with Gasteiger partial charge in [0, 0.05) is 18.7 Å². The first-order chi connectivity index (χ1) is 12.0. The molecule has 7 nitrogen and oxygen atoms in total. The van der Waals surface area contributed by atoms with E-state index in [9.17, 15) is 9.59 Å². The van der Waals surface area contributed by atoms with Crippen LogP contribution in [0.5, 0.6) is 11.5 Å². The summed E-state index contributed by atoms with van der Waals surface area (Å²) in [7, 11) is 0. The number of morpholine rings is 1. The van der Waals surface area contributed by atoms with Crippen molar-refractivity contribution in [3.05, 3.63) is 23.8 Å². The quantitative estimate of drug-likeness (QED) is 0.773. The second-order valence-electron chi connectivity index (χ2n) is 5.78. The molecule has 7 heteroatoms. The maximum absolute atomic E-state index is 12.7. The second kappa shape index (κ2) is 9.27. The van der Waals surface area contributed by atoms with Gasteiger partial charge in [-0.15, -0.1) is 0 Å². The fourth-order valence-corrected chi connectivity index (χ4v) is 2.65. The van der Waals surface area contributed by atoms with E-state index in [4.69, 9.17) is 19.3 Å². The molecule has 138 valence electrons. The van der Waals surface area contributed by atoms with Crippen molar-refractivity contribution >= 4 is 11.9 Å². The minimum absolute atomic E-state index is 0.113. The first kappa shape index (κ1) is 19.1. The molecule has 0 radical (unpaired) electrons. The third-order valence-electron chi connectivity index (χ3n) is 3.78. The number of amides is 1. The monoisotopic (exact) mass is 351 g/mol. The fraction of sp³-hybridized carbons (Fsp3) is 0.556. The number of aliphatic carboxylic acids is 1. The summed E-state index contributed by atoms with van der Waals surface area (Å²) in [5.74, 6) is 0.0557. The molecule has 1 aliphatic rings. The van der Waals surface area contributed by atoms with E-state index in [1.54, 1.807) is 23.1 Å². The summed E-state index contributed by atoms with van der Waals surface area (Å²) in [5.41, 5.74) is 0.489. The number of ether oxygens (including phenoxy) is 3. The van der Waals surface area contributed by atoms with Gasteiger partial charge in [-0.1, -0.05) is 6.92 Å². The molecule has 0 bridgehead atoms. The molecule has 1 aliphatic heterocycles. The van der Waals surface area contributed by atoms with Gasteiger partial charge in [-0.2, -0.15) is 0 Å². The summed E-state index contributed by atoms with van der Waals surface area (Å²) in [4.78, 5) is 25.2. The number of hydrogen-bond donors (Lipinski definition) is 1. The van der Waals surface area contributed by atoms with Crippen molar-refractivity contribution < 1.29 is 28.9 Å². The zero-order valence-corrected chi connectivity index (χ0v) is 14.7. The van der Waals surface area contributed by atoms with E-state index in [0.29, 0.717) is 43.4 Å². The first-order valence-corrected chi connectivity index (χ1v) is 8.57. The molecule has 1 N–H and O–H groups in total. The predicted octanol–water partition coefficient (Wildman–Crippen LogP) is 2.19. The summed E-state index contributed by atoms with van der Waals surface area (Å²) in [6.45, 7) is 5.97. The topological polar surface area (TPSA) is 85.3 Å². The molecule has 0 aromatic heterocycles. The molecule has 1 aromatic rings. The lowest BCUT2D eigenvalue weighted by Crippen LogP contribution is -2.46. The molecule has 1 atom stereocenters. The second-order valence-corrected chi connectivity index (χ2v) is 5.78. The summed E-state index contributed by atoms with van der Waals surface area (Å²) in [5, 5.41) is 8.89. The minimum atomic E-state index is -0.935. The number of benzene rings is 1. The molecular formula is C18H25NO6. The van der Waals surface area contributed by atoms with Crippen molar-refractivity contribution in [2.45, 2.75) is 32.8 Å². The Bertz CT molecular complexity index is 603. The van der Waals surface area contributed by atoms with Crippen LogP contribution in [0, 0.1) is 0 Å². The molecular weight excluding hydrogens is 326 g/mol. The van der Waals surface area contributed by atoms with Crippen LogP contribution in [-0.2, 0) is 9.53 Å². The van der Waals surface area contributed by atoms with Crippen molar-refractivity contribution in [1.29, 1.82) is 0 Å². The van der Waals surface area contributed by atoms with Crippen LogP contribution in [0.1, 0.15) is 37.0 Å². The largest absolute Gasteiger partial charge is 0.490 e. The van der Waals surface area contributed by atoms with Gasteiger partial charge in [0.1, 0.15) is 0 Å². The van der Waals surface area contributed by atoms with Crippen LogP contribution in [0.25, 0.3) is 0 Å². The van der Waals surface area contributed by atoms with Crippen molar-refractivity contribution in [2.24, 2.45) is 0 Å². The number of carbonyl (C=O) groups excluding carboxylic acids is 1. The molecule has 1 fully saturated rings. The van der Waals surface area contributed by atoms with Gasteiger partial charge in [0.2, 0.25) is 0 Å². The van der Waals surface area contributed by atoms with Gasteiger partial charge in [-0.3, -0.25) is 9.59 Å². The zero-order chi connectivity index (χ0) is 18.2. The van der Waals surface area contributed by atoms with Gasteiger partial charge in [0.15, 0.2) is 11.5 Å². The van der Waals surface area contributed by atoms with E-state index in [1.165, 1.54) is 0 Å². The van der Waals surface area contributed by atoms with E-state index in [1.807, 2.05) is 13.8 Å². The maximum atomic E-state index is 12.7. The first-order valence-electron chi connectivity index (χ1n) is 8.57. The Labute approximate surface area is 147 Å². The van der Waals surface area contributed by atoms with Crippen molar-refractivity contribution in [3.8, 4) is 11.5 Å². The van der Waals surface area contributed by atoms with Crippen LogP contribution in [-0.4, -0.2) is 60.9 Å². The zero-order valence-electron chi connectivity index (χ0n) is 14.7. The van der Waals surface area contributed by atoms with E-state index in [2.05, 4.69) is 0 Å². The number of carbonyl (C=O) groups is 2. The third kappa shape index (κ3) is 5.35. The number of nitrogens with zero attached hydrogens (tertiary/aromatic N) is 1. The molecule has 1 saturated heterocycles. The standard InChI is InChI=1S/C18H25NO6/c1-3-8-25-15-6-5-13(10-16(15)23-4-2)18(22)19-7-9-24-14(12-19)11-17(20)21/h5-6,10,14H,3-4,7-9,11-12H2,1-2H3,(H,20,21). The summed E-state index contributed by atoms with van der Waals surface area (Å²) in [6, 6.07) is 5.12. The van der Waals surface area contributed by atoms with Gasteiger partial charge in [-0.05, 0) is 31.5 Å². The molecule has 1 aromatic carbocycles. The molecule has 2 rings (SSSR count). The van der Waals surface area contributed by atoms with Crippen LogP contribution in [0.15, 0.2) is 18.2 Å². The van der Waals surface area contributed by atoms with E-state index < -0.39 is 12.1 Å². The van der Waals surface area contributed by atoms with Crippen LogP contribution in [0.3, 0.4) is 0 Å². The van der Waals surface area contributed by atoms with Gasteiger partial charge in [0.05, 0.1) is 32.3 Å². The van der Waals surface area contributed by atoms with E-state index in [0.717, 1.165) is 6.42 Å². The number of carboxylic acid groups (broad SMARTS) is 1. The highest BCUT2D eigenvalue weighted by Gasteiger charge is 2.27. The molecule has 1 unspecified atom stereocenters. The van der Waals surface area contributed by atoms with Crippen LogP contribution in [0.2, 0.25) is 0 Å². The Hall–Kier alpha value is -2.28. The molecule has 0 aliphatic carbocycles. The Morgan fingerprint density at radius 3 is 2.76 bits per heavy atom. The number of hydrogen-bond acceptors (Lipinski definition) is 5. The van der Waals surface area contributed by atoms with Gasteiger partial charge in [0.25, 0.3) is 5.91 Å². The lowest BCUT2D eigenvalue weighted by molar-refractivity contribution is -0.141. The van der Waals surface area contributed by atoms with Gasteiger partial charge >= 0.3 is 5.97 Å². The molecule has 1 heterocycles. The maximum Gasteiger partial charge on any atom is 0.306 e. The Morgan fingerprint density at radius 2 is 2.08 bits per heavy atom.